The third kappa shape index (κ3) is 1.47. The van der Waals surface area contributed by atoms with Gasteiger partial charge in [-0.05, 0) is 34.6 Å². The zero-order valence-corrected chi connectivity index (χ0v) is 8.89. The average Bonchev–Trinajstić information content (AvgIpc) is 2.47. The lowest BCUT2D eigenvalue weighted by molar-refractivity contribution is 0.522. The molecule has 0 fully saturated rings. The van der Waals surface area contributed by atoms with Gasteiger partial charge < -0.3 is 0 Å². The first-order chi connectivity index (χ1) is 6.48. The van der Waals surface area contributed by atoms with Gasteiger partial charge in [0.25, 0.3) is 0 Å². The molecule has 0 amide bonds. The summed E-state index contributed by atoms with van der Waals surface area (Å²) in [6, 6.07) is 3.66. The van der Waals surface area contributed by atoms with E-state index in [-0.39, 0.29) is 11.2 Å². The molecule has 0 spiro atoms. The van der Waals surface area contributed by atoms with Crippen LogP contribution >= 0.6 is 0 Å². The molecule has 0 radical (unpaired) electrons. The van der Waals surface area contributed by atoms with Crippen LogP contribution in [0.5, 0.6) is 0 Å². The highest BCUT2D eigenvalue weighted by Gasteiger charge is 2.20. The van der Waals surface area contributed by atoms with E-state index in [1.165, 1.54) is 5.56 Å². The van der Waals surface area contributed by atoms with Gasteiger partial charge in [0.1, 0.15) is 5.82 Å². The molecule has 1 aliphatic rings. The zero-order chi connectivity index (χ0) is 10.3. The summed E-state index contributed by atoms with van der Waals surface area (Å²) in [7, 11) is 0. The second-order valence-electron chi connectivity index (χ2n) is 4.89. The van der Waals surface area contributed by atoms with Crippen LogP contribution in [0.15, 0.2) is 18.2 Å². The number of fused-ring (bicyclic) bond motifs is 1. The first kappa shape index (κ1) is 9.45. The number of hydrogen-bond acceptors (Lipinski definition) is 0. The van der Waals surface area contributed by atoms with E-state index in [1.807, 2.05) is 32.9 Å². The van der Waals surface area contributed by atoms with Crippen LogP contribution in [-0.2, 0) is 11.8 Å². The molecular weight excluding hydrogens is 175 g/mol. The molecule has 0 heterocycles. The summed E-state index contributed by atoms with van der Waals surface area (Å²) < 4.78 is 13.7. The normalized spacial score (nSPS) is 14.6. The van der Waals surface area contributed by atoms with Gasteiger partial charge in [0, 0.05) is 0 Å². The van der Waals surface area contributed by atoms with E-state index in [1.54, 1.807) is 6.07 Å². The van der Waals surface area contributed by atoms with Crippen molar-refractivity contribution in [2.75, 3.05) is 0 Å². The Labute approximate surface area is 84.5 Å². The van der Waals surface area contributed by atoms with Crippen molar-refractivity contribution in [1.29, 1.82) is 0 Å². The summed E-state index contributed by atoms with van der Waals surface area (Å²) in [5.41, 5.74) is 2.99. The van der Waals surface area contributed by atoms with E-state index in [2.05, 4.69) is 6.08 Å². The largest absolute Gasteiger partial charge is 0.207 e. The Kier molecular flexibility index (Phi) is 1.99. The average molecular weight is 190 g/mol. The van der Waals surface area contributed by atoms with Crippen LogP contribution in [0, 0.1) is 5.82 Å². The molecule has 2 rings (SSSR count). The van der Waals surface area contributed by atoms with Crippen LogP contribution in [-0.4, -0.2) is 0 Å². The number of allylic oxidation sites excluding steroid dienone is 1. The molecule has 0 aromatic heterocycles. The molecule has 1 aliphatic carbocycles. The second kappa shape index (κ2) is 2.94. The van der Waals surface area contributed by atoms with Gasteiger partial charge in [-0.15, -0.1) is 0 Å². The summed E-state index contributed by atoms with van der Waals surface area (Å²) >= 11 is 0. The minimum Gasteiger partial charge on any atom is -0.207 e. The van der Waals surface area contributed by atoms with Crippen LogP contribution in [0.4, 0.5) is 4.39 Å². The van der Waals surface area contributed by atoms with Gasteiger partial charge in [-0.3, -0.25) is 0 Å². The predicted octanol–water partition coefficient (Wildman–Crippen LogP) is 3.69. The van der Waals surface area contributed by atoms with E-state index in [9.17, 15) is 4.39 Å². The van der Waals surface area contributed by atoms with E-state index >= 15 is 0 Å². The summed E-state index contributed by atoms with van der Waals surface area (Å²) in [5, 5.41) is 0. The number of benzene rings is 1. The van der Waals surface area contributed by atoms with Crippen molar-refractivity contribution in [2.24, 2.45) is 0 Å². The van der Waals surface area contributed by atoms with Crippen molar-refractivity contribution in [3.8, 4) is 0 Å². The fraction of sp³-hybridized carbons (Fsp3) is 0.385. The van der Waals surface area contributed by atoms with Crippen molar-refractivity contribution >= 4 is 6.08 Å². The maximum atomic E-state index is 13.7. The molecule has 0 aliphatic heterocycles. The van der Waals surface area contributed by atoms with Crippen molar-refractivity contribution in [2.45, 2.75) is 32.6 Å². The summed E-state index contributed by atoms with van der Waals surface area (Å²) in [5.74, 6) is -0.0807. The molecule has 0 nitrogen and oxygen atoms in total. The maximum Gasteiger partial charge on any atom is 0.127 e. The van der Waals surface area contributed by atoms with E-state index in [0.717, 1.165) is 17.5 Å². The Morgan fingerprint density at radius 3 is 2.57 bits per heavy atom. The van der Waals surface area contributed by atoms with Gasteiger partial charge in [0.2, 0.25) is 0 Å². The van der Waals surface area contributed by atoms with Crippen LogP contribution in [0.25, 0.3) is 6.08 Å². The van der Waals surface area contributed by atoms with Gasteiger partial charge in [-0.1, -0.05) is 39.0 Å². The van der Waals surface area contributed by atoms with E-state index in [0.29, 0.717) is 0 Å². The Balaban J connectivity index is 2.56. The molecule has 74 valence electrons. The molecule has 1 heteroatoms. The Morgan fingerprint density at radius 1 is 1.21 bits per heavy atom. The van der Waals surface area contributed by atoms with E-state index in [4.69, 9.17) is 0 Å². The van der Waals surface area contributed by atoms with Crippen LogP contribution in [0.1, 0.15) is 37.5 Å². The second-order valence-corrected chi connectivity index (χ2v) is 4.89. The lowest BCUT2D eigenvalue weighted by atomic mass is 9.85. The van der Waals surface area contributed by atoms with Crippen LogP contribution in [0.2, 0.25) is 0 Å². The van der Waals surface area contributed by atoms with Gasteiger partial charge in [-0.2, -0.15) is 0 Å². The molecule has 0 unspecified atom stereocenters. The quantitative estimate of drug-likeness (QED) is 0.585. The fourth-order valence-corrected chi connectivity index (χ4v) is 1.85. The molecule has 0 N–H and O–H groups in total. The standard InChI is InChI=1S/C13H15F/c1-13(2,3)11-7-9-5-4-6-10(9)8-12(11)14/h4,6-8H,5H2,1-3H3. The maximum absolute atomic E-state index is 13.7. The molecule has 1 aromatic rings. The van der Waals surface area contributed by atoms with Gasteiger partial charge in [0.05, 0.1) is 0 Å². The SMILES string of the molecule is CC(C)(C)c1cc2c(cc1F)C=CC2. The summed E-state index contributed by atoms with van der Waals surface area (Å²) in [6.45, 7) is 6.13. The third-order valence-electron chi connectivity index (χ3n) is 2.67. The van der Waals surface area contributed by atoms with Crippen molar-refractivity contribution in [3.63, 3.8) is 0 Å². The van der Waals surface area contributed by atoms with Gasteiger partial charge in [-0.25, -0.2) is 4.39 Å². The summed E-state index contributed by atoms with van der Waals surface area (Å²) in [6.07, 6.45) is 5.01. The number of halogens is 1. The summed E-state index contributed by atoms with van der Waals surface area (Å²) in [4.78, 5) is 0. The first-order valence-corrected chi connectivity index (χ1v) is 4.98. The lowest BCUT2D eigenvalue weighted by Gasteiger charge is -2.20. The minimum atomic E-state index is -0.109. The molecule has 0 atom stereocenters. The number of rotatable bonds is 0. The van der Waals surface area contributed by atoms with Crippen LogP contribution in [0.3, 0.4) is 0 Å². The predicted molar refractivity (Wildman–Crippen MR) is 57.8 cm³/mol. The Hall–Kier alpha value is -1.11. The molecule has 1 aromatic carbocycles. The highest BCUT2D eigenvalue weighted by atomic mass is 19.1. The minimum absolute atomic E-state index is 0.0807. The molecule has 0 saturated carbocycles. The molecular formula is C13H15F. The van der Waals surface area contributed by atoms with Crippen LogP contribution < -0.4 is 0 Å². The van der Waals surface area contributed by atoms with E-state index < -0.39 is 0 Å². The number of hydrogen-bond donors (Lipinski definition) is 0. The third-order valence-corrected chi connectivity index (χ3v) is 2.67. The fourth-order valence-electron chi connectivity index (χ4n) is 1.85. The molecule has 14 heavy (non-hydrogen) atoms. The first-order valence-electron chi connectivity index (χ1n) is 4.98. The Bertz CT molecular complexity index is 394. The Morgan fingerprint density at radius 2 is 1.93 bits per heavy atom. The van der Waals surface area contributed by atoms with Crippen molar-refractivity contribution in [3.05, 3.63) is 40.7 Å². The molecule has 0 saturated heterocycles. The highest BCUT2D eigenvalue weighted by molar-refractivity contribution is 5.61. The molecule has 0 bridgehead atoms. The smallest absolute Gasteiger partial charge is 0.127 e. The monoisotopic (exact) mass is 190 g/mol. The van der Waals surface area contributed by atoms with Gasteiger partial charge >= 0.3 is 0 Å². The van der Waals surface area contributed by atoms with Crippen molar-refractivity contribution in [1.82, 2.24) is 0 Å². The van der Waals surface area contributed by atoms with Crippen molar-refractivity contribution < 1.29 is 4.39 Å². The lowest BCUT2D eigenvalue weighted by Crippen LogP contribution is -2.14. The highest BCUT2D eigenvalue weighted by Crippen LogP contribution is 2.30. The topological polar surface area (TPSA) is 0 Å². The van der Waals surface area contributed by atoms with Gasteiger partial charge in [0.15, 0.2) is 0 Å². The zero-order valence-electron chi connectivity index (χ0n) is 8.89.